The van der Waals surface area contributed by atoms with Gasteiger partial charge in [0.15, 0.2) is 0 Å². The number of rotatable bonds is 2. The standard InChI is InChI=1S/C16H17F3N2O.ClH/c17-16(18,19)15(21-7-5-20-6-8-21)13-2-1-12-10-14(22)4-3-11(12)9-13;/h1-4,9-10,15,20,22H,5-8H2;1H/t15-;/m0./s1. The molecule has 1 fully saturated rings. The molecule has 3 rings (SSSR count). The molecular formula is C16H18ClF3N2O. The topological polar surface area (TPSA) is 35.5 Å². The van der Waals surface area contributed by atoms with E-state index in [-0.39, 0.29) is 23.7 Å². The summed E-state index contributed by atoms with van der Waals surface area (Å²) in [6.07, 6.45) is -4.32. The van der Waals surface area contributed by atoms with E-state index in [4.69, 9.17) is 0 Å². The third-order valence-electron chi connectivity index (χ3n) is 3.99. The van der Waals surface area contributed by atoms with Crippen LogP contribution in [0.25, 0.3) is 10.8 Å². The second-order valence-corrected chi connectivity index (χ2v) is 5.52. The number of nitrogens with one attached hydrogen (secondary N) is 1. The van der Waals surface area contributed by atoms with Crippen molar-refractivity contribution in [2.24, 2.45) is 0 Å². The lowest BCUT2D eigenvalue weighted by atomic mass is 9.99. The third kappa shape index (κ3) is 3.88. The minimum absolute atomic E-state index is 0. The van der Waals surface area contributed by atoms with Gasteiger partial charge < -0.3 is 10.4 Å². The Morgan fingerprint density at radius 2 is 1.61 bits per heavy atom. The second-order valence-electron chi connectivity index (χ2n) is 5.52. The predicted octanol–water partition coefficient (Wildman–Crippen LogP) is 3.48. The monoisotopic (exact) mass is 346 g/mol. The molecule has 3 nitrogen and oxygen atoms in total. The molecule has 2 N–H and O–H groups in total. The molecule has 0 saturated carbocycles. The quantitative estimate of drug-likeness (QED) is 0.874. The first kappa shape index (κ1) is 17.8. The van der Waals surface area contributed by atoms with Crippen molar-refractivity contribution < 1.29 is 18.3 Å². The van der Waals surface area contributed by atoms with E-state index < -0.39 is 12.2 Å². The van der Waals surface area contributed by atoms with Gasteiger partial charge in [-0.25, -0.2) is 0 Å². The van der Waals surface area contributed by atoms with Gasteiger partial charge in [0, 0.05) is 26.2 Å². The highest BCUT2D eigenvalue weighted by atomic mass is 35.5. The van der Waals surface area contributed by atoms with E-state index >= 15 is 0 Å². The summed E-state index contributed by atoms with van der Waals surface area (Å²) in [5.74, 6) is 0.106. The predicted molar refractivity (Wildman–Crippen MR) is 86.1 cm³/mol. The van der Waals surface area contributed by atoms with Gasteiger partial charge in [0.25, 0.3) is 0 Å². The van der Waals surface area contributed by atoms with Crippen molar-refractivity contribution in [3.63, 3.8) is 0 Å². The molecule has 23 heavy (non-hydrogen) atoms. The summed E-state index contributed by atoms with van der Waals surface area (Å²) >= 11 is 0. The molecule has 126 valence electrons. The summed E-state index contributed by atoms with van der Waals surface area (Å²) in [4.78, 5) is 1.47. The molecule has 0 radical (unpaired) electrons. The number of halogens is 4. The van der Waals surface area contributed by atoms with Crippen molar-refractivity contribution in [3.05, 3.63) is 42.0 Å². The van der Waals surface area contributed by atoms with Crippen LogP contribution in [0.1, 0.15) is 11.6 Å². The van der Waals surface area contributed by atoms with Crippen LogP contribution in [-0.2, 0) is 0 Å². The number of benzene rings is 2. The molecule has 7 heteroatoms. The average molecular weight is 347 g/mol. The van der Waals surface area contributed by atoms with E-state index in [0.717, 1.165) is 5.39 Å². The fourth-order valence-corrected chi connectivity index (χ4v) is 2.97. The van der Waals surface area contributed by atoms with Gasteiger partial charge in [-0.05, 0) is 34.5 Å². The number of hydrogen-bond donors (Lipinski definition) is 2. The Morgan fingerprint density at radius 3 is 2.26 bits per heavy atom. The number of phenolic OH excluding ortho intramolecular Hbond substituents is 1. The fraction of sp³-hybridized carbons (Fsp3) is 0.375. The number of hydrogen-bond acceptors (Lipinski definition) is 3. The van der Waals surface area contributed by atoms with Gasteiger partial charge in [-0.1, -0.05) is 18.2 Å². The summed E-state index contributed by atoms with van der Waals surface area (Å²) in [7, 11) is 0. The summed E-state index contributed by atoms with van der Waals surface area (Å²) in [5, 5.41) is 13.9. The lowest BCUT2D eigenvalue weighted by Gasteiger charge is -2.36. The summed E-state index contributed by atoms with van der Waals surface area (Å²) < 4.78 is 40.7. The summed E-state index contributed by atoms with van der Waals surface area (Å²) in [6, 6.07) is 7.78. The van der Waals surface area contributed by atoms with Crippen molar-refractivity contribution in [2.75, 3.05) is 26.2 Å². The molecule has 0 spiro atoms. The fourth-order valence-electron chi connectivity index (χ4n) is 2.97. The molecule has 0 aliphatic carbocycles. The minimum atomic E-state index is -4.32. The number of fused-ring (bicyclic) bond motifs is 1. The number of piperazine rings is 1. The lowest BCUT2D eigenvalue weighted by molar-refractivity contribution is -0.187. The first-order valence-electron chi connectivity index (χ1n) is 7.19. The van der Waals surface area contributed by atoms with Gasteiger partial charge >= 0.3 is 6.18 Å². The minimum Gasteiger partial charge on any atom is -0.508 e. The van der Waals surface area contributed by atoms with E-state index in [1.165, 1.54) is 17.0 Å². The van der Waals surface area contributed by atoms with E-state index in [0.29, 0.717) is 31.6 Å². The van der Waals surface area contributed by atoms with Crippen LogP contribution in [0.15, 0.2) is 36.4 Å². The van der Waals surface area contributed by atoms with Crippen LogP contribution in [-0.4, -0.2) is 42.4 Å². The van der Waals surface area contributed by atoms with E-state index in [2.05, 4.69) is 5.32 Å². The van der Waals surface area contributed by atoms with Crippen LogP contribution in [0.5, 0.6) is 5.75 Å². The van der Waals surface area contributed by atoms with Gasteiger partial charge in [0.1, 0.15) is 11.8 Å². The van der Waals surface area contributed by atoms with Crippen molar-refractivity contribution in [3.8, 4) is 5.75 Å². The van der Waals surface area contributed by atoms with Crippen molar-refractivity contribution in [1.82, 2.24) is 10.2 Å². The first-order valence-corrected chi connectivity index (χ1v) is 7.19. The maximum atomic E-state index is 13.6. The number of aromatic hydroxyl groups is 1. The Balaban J connectivity index is 0.00000192. The van der Waals surface area contributed by atoms with Gasteiger partial charge in [0.05, 0.1) is 0 Å². The maximum Gasteiger partial charge on any atom is 0.408 e. The van der Waals surface area contributed by atoms with E-state index in [1.54, 1.807) is 24.3 Å². The van der Waals surface area contributed by atoms with Gasteiger partial charge in [-0.2, -0.15) is 13.2 Å². The molecule has 0 unspecified atom stereocenters. The highest BCUT2D eigenvalue weighted by Gasteiger charge is 2.44. The van der Waals surface area contributed by atoms with Crippen molar-refractivity contribution in [1.29, 1.82) is 0 Å². The average Bonchev–Trinajstić information content (AvgIpc) is 2.47. The molecule has 1 aliphatic rings. The van der Waals surface area contributed by atoms with Crippen LogP contribution < -0.4 is 5.32 Å². The Morgan fingerprint density at radius 1 is 1.00 bits per heavy atom. The van der Waals surface area contributed by atoms with Crippen LogP contribution in [0.4, 0.5) is 13.2 Å². The van der Waals surface area contributed by atoms with Gasteiger partial charge in [0.2, 0.25) is 0 Å². The molecule has 0 aromatic heterocycles. The normalized spacial score (nSPS) is 17.7. The summed E-state index contributed by atoms with van der Waals surface area (Å²) in [6.45, 7) is 1.87. The zero-order valence-corrected chi connectivity index (χ0v) is 13.1. The molecule has 2 aromatic carbocycles. The Kier molecular flexibility index (Phi) is 5.39. The van der Waals surface area contributed by atoms with Crippen molar-refractivity contribution in [2.45, 2.75) is 12.2 Å². The molecule has 0 amide bonds. The molecule has 2 aromatic rings. The number of nitrogens with zero attached hydrogens (tertiary/aromatic N) is 1. The zero-order valence-electron chi connectivity index (χ0n) is 12.3. The molecule has 1 aliphatic heterocycles. The van der Waals surface area contributed by atoms with Gasteiger partial charge in [-0.15, -0.1) is 12.4 Å². The Labute approximate surface area is 138 Å². The smallest absolute Gasteiger partial charge is 0.408 e. The number of alkyl halides is 3. The van der Waals surface area contributed by atoms with Crippen LogP contribution in [0, 0.1) is 0 Å². The third-order valence-corrected chi connectivity index (χ3v) is 3.99. The number of phenols is 1. The van der Waals surface area contributed by atoms with Crippen LogP contribution in [0.3, 0.4) is 0 Å². The van der Waals surface area contributed by atoms with E-state index in [9.17, 15) is 18.3 Å². The Hall–Kier alpha value is -1.50. The van der Waals surface area contributed by atoms with E-state index in [1.807, 2.05) is 0 Å². The van der Waals surface area contributed by atoms with Crippen molar-refractivity contribution >= 4 is 23.2 Å². The SMILES string of the molecule is Cl.Oc1ccc2cc([C@H](N3CCNCC3)C(F)(F)F)ccc2c1. The Bertz CT molecular complexity index is 672. The molecule has 0 bridgehead atoms. The lowest BCUT2D eigenvalue weighted by Crippen LogP contribution is -2.49. The highest BCUT2D eigenvalue weighted by Crippen LogP contribution is 2.39. The largest absolute Gasteiger partial charge is 0.508 e. The molecule has 1 saturated heterocycles. The maximum absolute atomic E-state index is 13.6. The van der Waals surface area contributed by atoms with Gasteiger partial charge in [-0.3, -0.25) is 4.90 Å². The molecule has 1 heterocycles. The molecular weight excluding hydrogens is 329 g/mol. The second kappa shape index (κ2) is 6.95. The molecule has 1 atom stereocenters. The van der Waals surface area contributed by atoms with Crippen LogP contribution in [0.2, 0.25) is 0 Å². The van der Waals surface area contributed by atoms with Crippen LogP contribution >= 0.6 is 12.4 Å². The highest BCUT2D eigenvalue weighted by molar-refractivity contribution is 5.85. The summed E-state index contributed by atoms with van der Waals surface area (Å²) in [5.41, 5.74) is 0.243. The zero-order chi connectivity index (χ0) is 15.7. The first-order chi connectivity index (χ1) is 10.4.